The van der Waals surface area contributed by atoms with Gasteiger partial charge in [-0.05, 0) is 42.8 Å². The Balaban J connectivity index is 1.82. The molecule has 0 aliphatic carbocycles. The molecule has 24 heavy (non-hydrogen) atoms. The highest BCUT2D eigenvalue weighted by Crippen LogP contribution is 2.31. The summed E-state index contributed by atoms with van der Waals surface area (Å²) in [4.78, 5) is 1.59. The van der Waals surface area contributed by atoms with Crippen molar-refractivity contribution in [1.82, 2.24) is 20.2 Å². The zero-order valence-corrected chi connectivity index (χ0v) is 14.1. The van der Waals surface area contributed by atoms with E-state index in [0.29, 0.717) is 30.5 Å². The summed E-state index contributed by atoms with van der Waals surface area (Å²) in [6, 6.07) is 13.9. The van der Waals surface area contributed by atoms with Crippen LogP contribution in [0.5, 0.6) is 11.5 Å². The molecule has 1 heterocycles. The van der Waals surface area contributed by atoms with Crippen LogP contribution in [0, 0.1) is 6.92 Å². The van der Waals surface area contributed by atoms with Crippen molar-refractivity contribution in [2.45, 2.75) is 20.4 Å². The molecular weight excluding hydrogens is 304 g/mol. The molecule has 1 aromatic heterocycles. The second kappa shape index (κ2) is 7.12. The topological polar surface area (TPSA) is 62.1 Å². The van der Waals surface area contributed by atoms with E-state index < -0.39 is 0 Å². The Morgan fingerprint density at radius 3 is 2.54 bits per heavy atom. The standard InChI is InChI=1S/C18H20N4O2/c1-4-24-17-11-15(9-10-16(17)23-3)18-19-21-22(20-18)12-14-7-5-13(2)6-8-14/h5-11H,4,12H2,1-3H3. The molecule has 6 heteroatoms. The summed E-state index contributed by atoms with van der Waals surface area (Å²) in [7, 11) is 1.62. The minimum atomic E-state index is 0.561. The summed E-state index contributed by atoms with van der Waals surface area (Å²) < 4.78 is 10.9. The highest BCUT2D eigenvalue weighted by Gasteiger charge is 2.11. The number of methoxy groups -OCH3 is 1. The number of ether oxygens (including phenoxy) is 2. The third kappa shape index (κ3) is 3.53. The zero-order chi connectivity index (χ0) is 16.9. The predicted molar refractivity (Wildman–Crippen MR) is 91.3 cm³/mol. The maximum Gasteiger partial charge on any atom is 0.205 e. The first-order valence-corrected chi connectivity index (χ1v) is 7.84. The first-order valence-electron chi connectivity index (χ1n) is 7.84. The third-order valence-corrected chi connectivity index (χ3v) is 3.62. The Morgan fingerprint density at radius 1 is 1.04 bits per heavy atom. The molecule has 0 aliphatic rings. The van der Waals surface area contributed by atoms with E-state index in [4.69, 9.17) is 9.47 Å². The molecule has 124 valence electrons. The van der Waals surface area contributed by atoms with E-state index in [-0.39, 0.29) is 0 Å². The maximum atomic E-state index is 5.60. The number of aromatic nitrogens is 4. The summed E-state index contributed by atoms with van der Waals surface area (Å²) >= 11 is 0. The van der Waals surface area contributed by atoms with Gasteiger partial charge in [0.05, 0.1) is 20.3 Å². The van der Waals surface area contributed by atoms with E-state index in [1.807, 2.05) is 25.1 Å². The highest BCUT2D eigenvalue weighted by atomic mass is 16.5. The third-order valence-electron chi connectivity index (χ3n) is 3.62. The van der Waals surface area contributed by atoms with E-state index in [1.54, 1.807) is 11.9 Å². The highest BCUT2D eigenvalue weighted by molar-refractivity contribution is 5.60. The van der Waals surface area contributed by atoms with Gasteiger partial charge >= 0.3 is 0 Å². The van der Waals surface area contributed by atoms with E-state index >= 15 is 0 Å². The van der Waals surface area contributed by atoms with Crippen molar-refractivity contribution in [3.8, 4) is 22.9 Å². The van der Waals surface area contributed by atoms with Crippen LogP contribution in [0.3, 0.4) is 0 Å². The molecule has 0 atom stereocenters. The van der Waals surface area contributed by atoms with E-state index in [2.05, 4.69) is 46.6 Å². The van der Waals surface area contributed by atoms with Gasteiger partial charge in [0, 0.05) is 5.56 Å². The van der Waals surface area contributed by atoms with Crippen LogP contribution in [0.4, 0.5) is 0 Å². The van der Waals surface area contributed by atoms with Crippen LogP contribution < -0.4 is 9.47 Å². The molecular formula is C18H20N4O2. The first kappa shape index (κ1) is 16.0. The van der Waals surface area contributed by atoms with Gasteiger partial charge in [-0.1, -0.05) is 29.8 Å². The van der Waals surface area contributed by atoms with Gasteiger partial charge in [-0.3, -0.25) is 0 Å². The molecule has 0 saturated carbocycles. The normalized spacial score (nSPS) is 10.6. The Hall–Kier alpha value is -2.89. The average molecular weight is 324 g/mol. The lowest BCUT2D eigenvalue weighted by molar-refractivity contribution is 0.311. The van der Waals surface area contributed by atoms with Gasteiger partial charge in [0.25, 0.3) is 0 Å². The average Bonchev–Trinajstić information content (AvgIpc) is 3.06. The molecule has 0 saturated heterocycles. The fourth-order valence-electron chi connectivity index (χ4n) is 2.37. The Bertz CT molecular complexity index is 812. The molecule has 0 amide bonds. The fraction of sp³-hybridized carbons (Fsp3) is 0.278. The molecule has 3 aromatic rings. The number of rotatable bonds is 6. The monoisotopic (exact) mass is 324 g/mol. The molecule has 0 radical (unpaired) electrons. The summed E-state index contributed by atoms with van der Waals surface area (Å²) in [5, 5.41) is 12.7. The molecule has 3 rings (SSSR count). The largest absolute Gasteiger partial charge is 0.493 e. The zero-order valence-electron chi connectivity index (χ0n) is 14.1. The van der Waals surface area contributed by atoms with E-state index in [0.717, 1.165) is 11.1 Å². The maximum absolute atomic E-state index is 5.60. The molecule has 0 spiro atoms. The number of aryl methyl sites for hydroxylation is 1. The molecule has 0 fully saturated rings. The smallest absolute Gasteiger partial charge is 0.205 e. The van der Waals surface area contributed by atoms with Crippen molar-refractivity contribution >= 4 is 0 Å². The van der Waals surface area contributed by atoms with E-state index in [1.165, 1.54) is 5.56 Å². The van der Waals surface area contributed by atoms with E-state index in [9.17, 15) is 0 Å². The van der Waals surface area contributed by atoms with Crippen LogP contribution in [-0.2, 0) is 6.54 Å². The molecule has 2 aromatic carbocycles. The summed E-state index contributed by atoms with van der Waals surface area (Å²) in [6.07, 6.45) is 0. The minimum absolute atomic E-state index is 0.561. The minimum Gasteiger partial charge on any atom is -0.493 e. The first-order chi connectivity index (χ1) is 11.7. The molecule has 0 N–H and O–H groups in total. The van der Waals surface area contributed by atoms with Crippen LogP contribution in [0.25, 0.3) is 11.4 Å². The number of tetrazole rings is 1. The van der Waals surface area contributed by atoms with Crippen LogP contribution in [-0.4, -0.2) is 33.9 Å². The van der Waals surface area contributed by atoms with Crippen molar-refractivity contribution in [3.05, 3.63) is 53.6 Å². The molecule has 6 nitrogen and oxygen atoms in total. The van der Waals surface area contributed by atoms with Crippen LogP contribution >= 0.6 is 0 Å². The lowest BCUT2D eigenvalue weighted by Gasteiger charge is -2.09. The van der Waals surface area contributed by atoms with Gasteiger partial charge in [-0.15, -0.1) is 10.2 Å². The number of hydrogen-bond donors (Lipinski definition) is 0. The van der Waals surface area contributed by atoms with Gasteiger partial charge in [-0.25, -0.2) is 0 Å². The van der Waals surface area contributed by atoms with Crippen molar-refractivity contribution in [3.63, 3.8) is 0 Å². The van der Waals surface area contributed by atoms with Gasteiger partial charge in [0.2, 0.25) is 5.82 Å². The molecule has 0 unspecified atom stereocenters. The Kier molecular flexibility index (Phi) is 4.74. The lowest BCUT2D eigenvalue weighted by Crippen LogP contribution is -2.04. The lowest BCUT2D eigenvalue weighted by atomic mass is 10.1. The fourth-order valence-corrected chi connectivity index (χ4v) is 2.37. The second-order valence-corrected chi connectivity index (χ2v) is 5.43. The van der Waals surface area contributed by atoms with Gasteiger partial charge in [0.1, 0.15) is 0 Å². The second-order valence-electron chi connectivity index (χ2n) is 5.43. The van der Waals surface area contributed by atoms with Crippen LogP contribution in [0.1, 0.15) is 18.1 Å². The van der Waals surface area contributed by atoms with Gasteiger partial charge in [-0.2, -0.15) is 4.80 Å². The Morgan fingerprint density at radius 2 is 1.83 bits per heavy atom. The van der Waals surface area contributed by atoms with Crippen LogP contribution in [0.2, 0.25) is 0 Å². The number of benzene rings is 2. The Labute approximate surface area is 141 Å². The summed E-state index contributed by atoms with van der Waals surface area (Å²) in [5.41, 5.74) is 3.20. The number of hydrogen-bond acceptors (Lipinski definition) is 5. The van der Waals surface area contributed by atoms with Crippen molar-refractivity contribution in [2.75, 3.05) is 13.7 Å². The van der Waals surface area contributed by atoms with Crippen molar-refractivity contribution < 1.29 is 9.47 Å². The summed E-state index contributed by atoms with van der Waals surface area (Å²) in [5.74, 6) is 1.92. The molecule has 0 aliphatic heterocycles. The quantitative estimate of drug-likeness (QED) is 0.697. The predicted octanol–water partition coefficient (Wildman–Crippen LogP) is 3.10. The summed E-state index contributed by atoms with van der Waals surface area (Å²) in [6.45, 7) is 5.15. The van der Waals surface area contributed by atoms with Crippen molar-refractivity contribution in [1.29, 1.82) is 0 Å². The molecule has 0 bridgehead atoms. The van der Waals surface area contributed by atoms with Crippen molar-refractivity contribution in [2.24, 2.45) is 0 Å². The van der Waals surface area contributed by atoms with Crippen LogP contribution in [0.15, 0.2) is 42.5 Å². The van der Waals surface area contributed by atoms with Gasteiger partial charge < -0.3 is 9.47 Å². The number of nitrogens with zero attached hydrogens (tertiary/aromatic N) is 4. The van der Waals surface area contributed by atoms with Gasteiger partial charge in [0.15, 0.2) is 11.5 Å². The SMILES string of the molecule is CCOc1cc(-c2nnn(Cc3ccc(C)cc3)n2)ccc1OC.